The summed E-state index contributed by atoms with van der Waals surface area (Å²) < 4.78 is 0. The summed E-state index contributed by atoms with van der Waals surface area (Å²) in [6.45, 7) is 4.48. The van der Waals surface area contributed by atoms with Gasteiger partial charge in [-0.15, -0.1) is 11.8 Å². The van der Waals surface area contributed by atoms with Crippen molar-refractivity contribution in [1.82, 2.24) is 9.97 Å². The maximum atomic E-state index is 4.67. The Labute approximate surface area is 164 Å². The van der Waals surface area contributed by atoms with E-state index in [1.807, 2.05) is 36.4 Å². The van der Waals surface area contributed by atoms with Gasteiger partial charge >= 0.3 is 0 Å². The monoisotopic (exact) mass is 370 g/mol. The summed E-state index contributed by atoms with van der Waals surface area (Å²) in [7, 11) is 0. The van der Waals surface area contributed by atoms with E-state index in [1.165, 1.54) is 32.5 Å². The molecule has 2 aromatic carbocycles. The normalized spacial score (nSPS) is 11.2. The number of thioether (sulfide) groups is 1. The molecule has 0 aliphatic carbocycles. The van der Waals surface area contributed by atoms with E-state index in [0.29, 0.717) is 5.92 Å². The van der Waals surface area contributed by atoms with Crippen LogP contribution in [0.3, 0.4) is 0 Å². The van der Waals surface area contributed by atoms with Crippen LogP contribution in [0.1, 0.15) is 30.9 Å². The first-order valence-electron chi connectivity index (χ1n) is 9.21. The topological polar surface area (TPSA) is 25.8 Å². The molecule has 0 amide bonds. The summed E-state index contributed by atoms with van der Waals surface area (Å²) >= 11 is 1.83. The molecule has 0 aliphatic rings. The van der Waals surface area contributed by atoms with Crippen LogP contribution in [0.15, 0.2) is 84.1 Å². The standard InChI is InChI=1S/C24H22N2S/c1-17(2)21-14-20-7-4-10-26-24(20)23(15-21)19-6-3-5-18(13-19)16-27-22-8-11-25-12-9-22/h3-15,17H,16H2,1-2H3. The number of aromatic nitrogens is 2. The third kappa shape index (κ3) is 4.04. The van der Waals surface area contributed by atoms with E-state index >= 15 is 0 Å². The molecule has 0 saturated carbocycles. The van der Waals surface area contributed by atoms with Crippen LogP contribution in [0.2, 0.25) is 0 Å². The van der Waals surface area contributed by atoms with Crippen LogP contribution in [0.4, 0.5) is 0 Å². The Morgan fingerprint density at radius 1 is 0.889 bits per heavy atom. The maximum Gasteiger partial charge on any atom is 0.0780 e. The molecule has 4 aromatic rings. The highest BCUT2D eigenvalue weighted by atomic mass is 32.2. The summed E-state index contributed by atoms with van der Waals surface area (Å²) in [4.78, 5) is 9.99. The molecular formula is C24H22N2S. The molecule has 0 aliphatic heterocycles. The summed E-state index contributed by atoms with van der Waals surface area (Å²) in [5, 5.41) is 1.20. The van der Waals surface area contributed by atoms with Gasteiger partial charge in [-0.2, -0.15) is 0 Å². The maximum absolute atomic E-state index is 4.67. The predicted octanol–water partition coefficient (Wildman–Crippen LogP) is 6.71. The van der Waals surface area contributed by atoms with Crippen LogP contribution in [0.5, 0.6) is 0 Å². The fourth-order valence-corrected chi connectivity index (χ4v) is 4.03. The lowest BCUT2D eigenvalue weighted by atomic mass is 9.93. The molecule has 0 saturated heterocycles. The molecule has 0 radical (unpaired) electrons. The van der Waals surface area contributed by atoms with Crippen molar-refractivity contribution in [2.75, 3.05) is 0 Å². The van der Waals surface area contributed by atoms with Crippen molar-refractivity contribution in [2.24, 2.45) is 0 Å². The van der Waals surface area contributed by atoms with E-state index in [0.717, 1.165) is 11.3 Å². The second kappa shape index (κ2) is 7.93. The largest absolute Gasteiger partial charge is 0.265 e. The van der Waals surface area contributed by atoms with Crippen LogP contribution in [0, 0.1) is 0 Å². The third-order valence-corrected chi connectivity index (χ3v) is 5.77. The zero-order valence-corrected chi connectivity index (χ0v) is 16.4. The molecule has 0 unspecified atom stereocenters. The quantitative estimate of drug-likeness (QED) is 0.365. The van der Waals surface area contributed by atoms with E-state index in [2.05, 4.69) is 78.4 Å². The Kier molecular flexibility index (Phi) is 5.21. The van der Waals surface area contributed by atoms with E-state index in [4.69, 9.17) is 0 Å². The Hall–Kier alpha value is -2.65. The minimum absolute atomic E-state index is 0.485. The second-order valence-electron chi connectivity index (χ2n) is 6.97. The van der Waals surface area contributed by atoms with Gasteiger partial charge in [0.15, 0.2) is 0 Å². The minimum atomic E-state index is 0.485. The van der Waals surface area contributed by atoms with Crippen molar-refractivity contribution in [1.29, 1.82) is 0 Å². The molecule has 2 aromatic heterocycles. The lowest BCUT2D eigenvalue weighted by Gasteiger charge is -2.13. The van der Waals surface area contributed by atoms with Crippen molar-refractivity contribution >= 4 is 22.7 Å². The smallest absolute Gasteiger partial charge is 0.0780 e. The number of fused-ring (bicyclic) bond motifs is 1. The van der Waals surface area contributed by atoms with E-state index < -0.39 is 0 Å². The van der Waals surface area contributed by atoms with Crippen molar-refractivity contribution in [3.8, 4) is 11.1 Å². The average Bonchev–Trinajstić information content (AvgIpc) is 2.72. The lowest BCUT2D eigenvalue weighted by Crippen LogP contribution is -1.93. The molecule has 4 rings (SSSR count). The second-order valence-corrected chi connectivity index (χ2v) is 8.02. The third-order valence-electron chi connectivity index (χ3n) is 4.69. The first-order chi connectivity index (χ1) is 13.2. The van der Waals surface area contributed by atoms with Crippen molar-refractivity contribution in [3.05, 3.63) is 90.4 Å². The van der Waals surface area contributed by atoms with Crippen LogP contribution in [-0.4, -0.2) is 9.97 Å². The zero-order chi connectivity index (χ0) is 18.6. The summed E-state index contributed by atoms with van der Waals surface area (Å²) in [5.74, 6) is 1.42. The van der Waals surface area contributed by atoms with Crippen molar-refractivity contribution < 1.29 is 0 Å². The zero-order valence-electron chi connectivity index (χ0n) is 15.6. The molecular weight excluding hydrogens is 348 g/mol. The van der Waals surface area contributed by atoms with Gasteiger partial charge in [0, 0.05) is 40.2 Å². The molecule has 2 heterocycles. The average molecular weight is 371 g/mol. The fourth-order valence-electron chi connectivity index (χ4n) is 3.20. The molecule has 0 N–H and O–H groups in total. The van der Waals surface area contributed by atoms with Gasteiger partial charge in [0.25, 0.3) is 0 Å². The van der Waals surface area contributed by atoms with Gasteiger partial charge in [-0.25, -0.2) is 0 Å². The Morgan fingerprint density at radius 2 is 1.74 bits per heavy atom. The number of nitrogens with zero attached hydrogens (tertiary/aromatic N) is 2. The Bertz CT molecular complexity index is 1060. The SMILES string of the molecule is CC(C)c1cc(-c2cccc(CSc3ccncc3)c2)c2ncccc2c1. The Morgan fingerprint density at radius 3 is 2.56 bits per heavy atom. The van der Waals surface area contributed by atoms with Crippen LogP contribution in [-0.2, 0) is 5.75 Å². The predicted molar refractivity (Wildman–Crippen MR) is 115 cm³/mol. The Balaban J connectivity index is 1.71. The highest BCUT2D eigenvalue weighted by Gasteiger charge is 2.10. The van der Waals surface area contributed by atoms with Gasteiger partial charge < -0.3 is 0 Å². The van der Waals surface area contributed by atoms with Gasteiger partial charge in [0.1, 0.15) is 0 Å². The highest BCUT2D eigenvalue weighted by Crippen LogP contribution is 2.32. The van der Waals surface area contributed by atoms with Gasteiger partial charge in [0.05, 0.1) is 5.52 Å². The number of hydrogen-bond donors (Lipinski definition) is 0. The highest BCUT2D eigenvalue weighted by molar-refractivity contribution is 7.98. The van der Waals surface area contributed by atoms with Gasteiger partial charge in [-0.1, -0.05) is 44.2 Å². The molecule has 0 bridgehead atoms. The minimum Gasteiger partial charge on any atom is -0.265 e. The van der Waals surface area contributed by atoms with Gasteiger partial charge in [0.2, 0.25) is 0 Å². The fraction of sp³-hybridized carbons (Fsp3) is 0.167. The lowest BCUT2D eigenvalue weighted by molar-refractivity contribution is 0.869. The van der Waals surface area contributed by atoms with Gasteiger partial charge in [-0.3, -0.25) is 9.97 Å². The van der Waals surface area contributed by atoms with E-state index in [-0.39, 0.29) is 0 Å². The summed E-state index contributed by atoms with van der Waals surface area (Å²) in [6.07, 6.45) is 5.56. The van der Waals surface area contributed by atoms with Crippen molar-refractivity contribution in [2.45, 2.75) is 30.4 Å². The number of rotatable bonds is 5. The molecule has 27 heavy (non-hydrogen) atoms. The van der Waals surface area contributed by atoms with E-state index in [9.17, 15) is 0 Å². The molecule has 3 heteroatoms. The van der Waals surface area contributed by atoms with Crippen LogP contribution in [0.25, 0.3) is 22.0 Å². The summed E-state index contributed by atoms with van der Waals surface area (Å²) in [5.41, 5.74) is 6.18. The van der Waals surface area contributed by atoms with Crippen LogP contribution < -0.4 is 0 Å². The molecule has 0 spiro atoms. The first-order valence-corrected chi connectivity index (χ1v) is 10.2. The first kappa shape index (κ1) is 17.7. The number of hydrogen-bond acceptors (Lipinski definition) is 3. The van der Waals surface area contributed by atoms with Crippen molar-refractivity contribution in [3.63, 3.8) is 0 Å². The van der Waals surface area contributed by atoms with Gasteiger partial charge in [-0.05, 0) is 52.9 Å². The molecule has 2 nitrogen and oxygen atoms in total. The number of benzene rings is 2. The van der Waals surface area contributed by atoms with Crippen LogP contribution >= 0.6 is 11.8 Å². The summed E-state index contributed by atoms with van der Waals surface area (Å²) in [6, 6.07) is 21.7. The molecule has 134 valence electrons. The molecule has 0 fully saturated rings. The molecule has 0 atom stereocenters. The van der Waals surface area contributed by atoms with E-state index in [1.54, 1.807) is 0 Å². The number of pyridine rings is 2.